The molecule has 0 atom stereocenters. The Labute approximate surface area is 152 Å². The van der Waals surface area contributed by atoms with Gasteiger partial charge >= 0.3 is 11.9 Å². The lowest BCUT2D eigenvalue weighted by Crippen LogP contribution is -2.24. The quantitative estimate of drug-likeness (QED) is 0.584. The zero-order chi connectivity index (χ0) is 18.6. The summed E-state index contributed by atoms with van der Waals surface area (Å²) >= 11 is 0. The molecule has 5 heteroatoms. The predicted molar refractivity (Wildman–Crippen MR) is 98.9 cm³/mol. The van der Waals surface area contributed by atoms with Crippen LogP contribution in [-0.2, 0) is 19.1 Å². The molecule has 0 aliphatic heterocycles. The smallest absolute Gasteiger partial charge is 0.330 e. The highest BCUT2D eigenvalue weighted by atomic mass is 16.6. The van der Waals surface area contributed by atoms with E-state index in [-0.39, 0.29) is 13.2 Å². The van der Waals surface area contributed by atoms with E-state index in [9.17, 15) is 14.7 Å². The molecule has 0 heterocycles. The third-order valence-electron chi connectivity index (χ3n) is 3.26. The van der Waals surface area contributed by atoms with E-state index in [1.807, 2.05) is 60.7 Å². The minimum Gasteiger partial charge on any atom is -0.460 e. The van der Waals surface area contributed by atoms with Crippen LogP contribution in [0.4, 0.5) is 0 Å². The van der Waals surface area contributed by atoms with Crippen molar-refractivity contribution in [1.82, 2.24) is 0 Å². The number of aliphatic hydroxyl groups excluding tert-OH is 1. The van der Waals surface area contributed by atoms with Crippen molar-refractivity contribution in [2.45, 2.75) is 6.10 Å². The molecule has 0 aromatic heterocycles. The summed E-state index contributed by atoms with van der Waals surface area (Å²) in [4.78, 5) is 23.2. The van der Waals surface area contributed by atoms with E-state index in [1.165, 1.54) is 12.2 Å². The molecule has 0 aliphatic carbocycles. The van der Waals surface area contributed by atoms with Gasteiger partial charge in [-0.15, -0.1) is 0 Å². The van der Waals surface area contributed by atoms with Gasteiger partial charge in [0.25, 0.3) is 0 Å². The van der Waals surface area contributed by atoms with Crippen LogP contribution in [0.2, 0.25) is 0 Å². The van der Waals surface area contributed by atoms with E-state index >= 15 is 0 Å². The molecule has 0 saturated heterocycles. The molecule has 0 fully saturated rings. The Morgan fingerprint density at radius 2 is 1.15 bits per heavy atom. The number of hydrogen-bond acceptors (Lipinski definition) is 5. The van der Waals surface area contributed by atoms with E-state index in [0.29, 0.717) is 0 Å². The second-order valence-corrected chi connectivity index (χ2v) is 5.40. The summed E-state index contributed by atoms with van der Waals surface area (Å²) in [6.07, 6.45) is 4.69. The van der Waals surface area contributed by atoms with Crippen molar-refractivity contribution in [3.8, 4) is 0 Å². The lowest BCUT2D eigenvalue weighted by Gasteiger charge is -2.10. The van der Waals surface area contributed by atoms with Crippen LogP contribution in [0.1, 0.15) is 11.1 Å². The minimum atomic E-state index is -1.09. The van der Waals surface area contributed by atoms with Crippen molar-refractivity contribution >= 4 is 24.1 Å². The topological polar surface area (TPSA) is 72.8 Å². The second-order valence-electron chi connectivity index (χ2n) is 5.40. The van der Waals surface area contributed by atoms with Crippen LogP contribution in [0.3, 0.4) is 0 Å². The molecule has 0 aliphatic rings. The third kappa shape index (κ3) is 7.59. The van der Waals surface area contributed by atoms with Gasteiger partial charge in [-0.1, -0.05) is 60.7 Å². The zero-order valence-corrected chi connectivity index (χ0v) is 14.2. The summed E-state index contributed by atoms with van der Waals surface area (Å²) in [5.41, 5.74) is 1.73. The van der Waals surface area contributed by atoms with Crippen LogP contribution in [0.5, 0.6) is 0 Å². The molecular weight excluding hydrogens is 332 g/mol. The Balaban J connectivity index is 1.66. The van der Waals surface area contributed by atoms with Gasteiger partial charge < -0.3 is 14.6 Å². The molecule has 2 rings (SSSR count). The van der Waals surface area contributed by atoms with Gasteiger partial charge in [0.2, 0.25) is 0 Å². The van der Waals surface area contributed by atoms with Crippen LogP contribution < -0.4 is 0 Å². The molecule has 0 amide bonds. The highest BCUT2D eigenvalue weighted by molar-refractivity contribution is 5.87. The maximum atomic E-state index is 11.6. The van der Waals surface area contributed by atoms with Crippen LogP contribution in [0.15, 0.2) is 72.8 Å². The predicted octanol–water partition coefficient (Wildman–Crippen LogP) is 2.86. The van der Waals surface area contributed by atoms with Crippen molar-refractivity contribution in [3.05, 3.63) is 83.9 Å². The molecule has 134 valence electrons. The normalized spacial score (nSPS) is 12.2. The maximum absolute atomic E-state index is 11.6. The van der Waals surface area contributed by atoms with Gasteiger partial charge in [-0.2, -0.15) is 0 Å². The fourth-order valence-electron chi connectivity index (χ4n) is 1.96. The SMILES string of the molecule is O=C(C=Cc1ccccc1)OCC(O)COC(=O)C=Cc1ccccc1. The minimum absolute atomic E-state index is 0.256. The van der Waals surface area contributed by atoms with Gasteiger partial charge in [0.15, 0.2) is 0 Å². The summed E-state index contributed by atoms with van der Waals surface area (Å²) in [5, 5.41) is 9.71. The molecule has 1 N–H and O–H groups in total. The van der Waals surface area contributed by atoms with Crippen molar-refractivity contribution in [2.75, 3.05) is 13.2 Å². The molecule has 0 radical (unpaired) electrons. The highest BCUT2D eigenvalue weighted by Crippen LogP contribution is 2.02. The molecule has 0 spiro atoms. The molecule has 0 saturated carbocycles. The third-order valence-corrected chi connectivity index (χ3v) is 3.26. The van der Waals surface area contributed by atoms with Gasteiger partial charge in [0.1, 0.15) is 19.3 Å². The first kappa shape index (κ1) is 19.1. The van der Waals surface area contributed by atoms with E-state index in [4.69, 9.17) is 9.47 Å². The molecule has 0 bridgehead atoms. The van der Waals surface area contributed by atoms with E-state index in [0.717, 1.165) is 11.1 Å². The van der Waals surface area contributed by atoms with Gasteiger partial charge in [-0.25, -0.2) is 9.59 Å². The molecule has 2 aromatic rings. The molecule has 2 aromatic carbocycles. The Kier molecular flexibility index (Phi) is 7.83. The number of carbonyl (C=O) groups excluding carboxylic acids is 2. The Hall–Kier alpha value is -3.18. The Morgan fingerprint density at radius 1 is 0.769 bits per heavy atom. The number of aliphatic hydroxyl groups is 1. The number of hydrogen-bond donors (Lipinski definition) is 1. The lowest BCUT2D eigenvalue weighted by molar-refractivity contribution is -0.146. The van der Waals surface area contributed by atoms with Gasteiger partial charge in [0, 0.05) is 12.2 Å². The van der Waals surface area contributed by atoms with Crippen LogP contribution in [0, 0.1) is 0 Å². The monoisotopic (exact) mass is 352 g/mol. The largest absolute Gasteiger partial charge is 0.460 e. The first-order chi connectivity index (χ1) is 12.6. The van der Waals surface area contributed by atoms with Crippen molar-refractivity contribution in [2.24, 2.45) is 0 Å². The van der Waals surface area contributed by atoms with Crippen LogP contribution in [-0.4, -0.2) is 36.4 Å². The number of benzene rings is 2. The fourth-order valence-corrected chi connectivity index (χ4v) is 1.96. The zero-order valence-electron chi connectivity index (χ0n) is 14.2. The summed E-state index contributed by atoms with van der Waals surface area (Å²) in [6, 6.07) is 18.6. The van der Waals surface area contributed by atoms with E-state index in [1.54, 1.807) is 12.2 Å². The van der Waals surface area contributed by atoms with Gasteiger partial charge in [-0.3, -0.25) is 0 Å². The number of ether oxygens (including phenoxy) is 2. The van der Waals surface area contributed by atoms with Crippen LogP contribution >= 0.6 is 0 Å². The Bertz CT molecular complexity index is 685. The number of carbonyl (C=O) groups is 2. The number of esters is 2. The first-order valence-electron chi connectivity index (χ1n) is 8.11. The summed E-state index contributed by atoms with van der Waals surface area (Å²) in [6.45, 7) is -0.513. The van der Waals surface area contributed by atoms with Crippen molar-refractivity contribution in [1.29, 1.82) is 0 Å². The summed E-state index contributed by atoms with van der Waals surface area (Å²) in [5.74, 6) is -1.16. The molecular formula is C21H20O5. The van der Waals surface area contributed by atoms with Crippen LogP contribution in [0.25, 0.3) is 12.2 Å². The second kappa shape index (κ2) is 10.6. The van der Waals surface area contributed by atoms with E-state index in [2.05, 4.69) is 0 Å². The Morgan fingerprint density at radius 3 is 1.54 bits per heavy atom. The standard InChI is InChI=1S/C21H20O5/c22-19(15-25-20(23)13-11-17-7-3-1-4-8-17)16-26-21(24)14-12-18-9-5-2-6-10-18/h1-14,19,22H,15-16H2. The summed E-state index contributed by atoms with van der Waals surface area (Å²) in [7, 11) is 0. The maximum Gasteiger partial charge on any atom is 0.330 e. The summed E-state index contributed by atoms with van der Waals surface area (Å²) < 4.78 is 9.80. The number of rotatable bonds is 8. The fraction of sp³-hybridized carbons (Fsp3) is 0.143. The van der Waals surface area contributed by atoms with E-state index < -0.39 is 18.0 Å². The van der Waals surface area contributed by atoms with Crippen molar-refractivity contribution < 1.29 is 24.2 Å². The molecule has 5 nitrogen and oxygen atoms in total. The lowest BCUT2D eigenvalue weighted by atomic mass is 10.2. The average Bonchev–Trinajstić information content (AvgIpc) is 2.69. The van der Waals surface area contributed by atoms with Gasteiger partial charge in [-0.05, 0) is 23.3 Å². The molecule has 26 heavy (non-hydrogen) atoms. The highest BCUT2D eigenvalue weighted by Gasteiger charge is 2.09. The average molecular weight is 352 g/mol. The van der Waals surface area contributed by atoms with Gasteiger partial charge in [0.05, 0.1) is 0 Å². The molecule has 0 unspecified atom stereocenters. The van der Waals surface area contributed by atoms with Crippen molar-refractivity contribution in [3.63, 3.8) is 0 Å². The first-order valence-corrected chi connectivity index (χ1v) is 8.11.